The molecule has 1 N–H and O–H groups in total. The number of nitrogens with one attached hydrogen (secondary N) is 1. The summed E-state index contributed by atoms with van der Waals surface area (Å²) in [6.45, 7) is 7.78. The molecule has 1 aliphatic carbocycles. The number of carbonyl (C=O) groups excluding carboxylic acids is 2. The van der Waals surface area contributed by atoms with Gasteiger partial charge in [-0.3, -0.25) is 24.6 Å². The summed E-state index contributed by atoms with van der Waals surface area (Å²) >= 11 is 0. The van der Waals surface area contributed by atoms with Gasteiger partial charge in [-0.05, 0) is 41.7 Å². The molecule has 0 fully saturated rings. The van der Waals surface area contributed by atoms with E-state index in [1.165, 1.54) is 12.1 Å². The molecule has 0 saturated carbocycles. The zero-order valence-electron chi connectivity index (χ0n) is 18.7. The van der Waals surface area contributed by atoms with Crippen LogP contribution in [0.3, 0.4) is 0 Å². The van der Waals surface area contributed by atoms with Crippen LogP contribution < -0.4 is 10.2 Å². The first kappa shape index (κ1) is 21.7. The summed E-state index contributed by atoms with van der Waals surface area (Å²) < 4.78 is 0. The number of fused-ring (bicyclic) bond motifs is 1. The molecule has 1 heterocycles. The summed E-state index contributed by atoms with van der Waals surface area (Å²) in [5.41, 5.74) is 3.24. The van der Waals surface area contributed by atoms with Crippen molar-refractivity contribution in [3.05, 3.63) is 75.5 Å². The van der Waals surface area contributed by atoms with Crippen molar-refractivity contribution in [3.8, 4) is 0 Å². The Morgan fingerprint density at radius 1 is 1.12 bits per heavy atom. The van der Waals surface area contributed by atoms with Crippen LogP contribution in [0, 0.1) is 21.4 Å². The molecule has 0 spiro atoms. The molecule has 0 saturated heterocycles. The lowest BCUT2D eigenvalue weighted by atomic mass is 9.73. The fraction of sp³-hybridized carbons (Fsp3) is 0.360. The number of amides is 1. The molecule has 1 atom stereocenters. The van der Waals surface area contributed by atoms with E-state index in [2.05, 4.69) is 19.2 Å². The number of Topliss-reactive ketones (excluding diaryl/α,β-unsaturated/α-hetero) is 1. The van der Waals surface area contributed by atoms with Crippen LogP contribution in [0.1, 0.15) is 52.1 Å². The second kappa shape index (κ2) is 7.89. The van der Waals surface area contributed by atoms with Crippen LogP contribution in [0.4, 0.5) is 17.1 Å². The van der Waals surface area contributed by atoms with Crippen LogP contribution in [-0.4, -0.2) is 16.6 Å². The number of rotatable bonds is 3. The molecule has 2 aliphatic rings. The topological polar surface area (TPSA) is 92.6 Å². The van der Waals surface area contributed by atoms with Gasteiger partial charge in [-0.2, -0.15) is 0 Å². The molecule has 7 heteroatoms. The third-order valence-electron chi connectivity index (χ3n) is 6.05. The zero-order chi connectivity index (χ0) is 23.2. The lowest BCUT2D eigenvalue weighted by Gasteiger charge is -2.37. The first-order valence-electron chi connectivity index (χ1n) is 10.8. The van der Waals surface area contributed by atoms with E-state index in [1.807, 2.05) is 38.1 Å². The number of nitro benzene ring substituents is 1. The Bertz CT molecular complexity index is 1130. The molecule has 2 aromatic rings. The smallest absolute Gasteiger partial charge is 0.269 e. The maximum Gasteiger partial charge on any atom is 0.269 e. The SMILES string of the molecule is CC(C)C(=O)N1c2ccccc2NC2=C(C(=O)CC(C)(C)C2)[C@H]1c1ccc([N+](=O)[O-])cc1. The predicted octanol–water partition coefficient (Wildman–Crippen LogP) is 5.39. The minimum Gasteiger partial charge on any atom is -0.357 e. The highest BCUT2D eigenvalue weighted by molar-refractivity contribution is 6.06. The van der Waals surface area contributed by atoms with E-state index in [0.29, 0.717) is 29.7 Å². The van der Waals surface area contributed by atoms with Gasteiger partial charge in [0, 0.05) is 35.7 Å². The monoisotopic (exact) mass is 433 g/mol. The number of carbonyl (C=O) groups is 2. The van der Waals surface area contributed by atoms with E-state index < -0.39 is 11.0 Å². The number of para-hydroxylation sites is 2. The van der Waals surface area contributed by atoms with Gasteiger partial charge in [0.15, 0.2) is 5.78 Å². The summed E-state index contributed by atoms with van der Waals surface area (Å²) in [6, 6.07) is 13.0. The van der Waals surface area contributed by atoms with Gasteiger partial charge in [0.1, 0.15) is 0 Å². The molecule has 0 aromatic heterocycles. The number of anilines is 2. The molecule has 4 rings (SSSR count). The third kappa shape index (κ3) is 3.79. The summed E-state index contributed by atoms with van der Waals surface area (Å²) in [6.07, 6.45) is 1.03. The second-order valence-corrected chi connectivity index (χ2v) is 9.59. The fourth-order valence-electron chi connectivity index (χ4n) is 4.60. The third-order valence-corrected chi connectivity index (χ3v) is 6.05. The van der Waals surface area contributed by atoms with Gasteiger partial charge in [0.05, 0.1) is 22.3 Å². The van der Waals surface area contributed by atoms with Crippen molar-refractivity contribution in [1.82, 2.24) is 0 Å². The average Bonchev–Trinajstić information content (AvgIpc) is 2.86. The number of ketones is 1. The van der Waals surface area contributed by atoms with Crippen LogP contribution in [0.2, 0.25) is 0 Å². The lowest BCUT2D eigenvalue weighted by Crippen LogP contribution is -2.41. The average molecular weight is 434 g/mol. The molecule has 2 aromatic carbocycles. The van der Waals surface area contributed by atoms with Gasteiger partial charge in [0.2, 0.25) is 5.91 Å². The number of allylic oxidation sites excluding steroid dienone is 1. The maximum absolute atomic E-state index is 13.5. The van der Waals surface area contributed by atoms with E-state index in [0.717, 1.165) is 11.4 Å². The van der Waals surface area contributed by atoms with Crippen molar-refractivity contribution in [1.29, 1.82) is 0 Å². The van der Waals surface area contributed by atoms with E-state index in [4.69, 9.17) is 0 Å². The molecule has 32 heavy (non-hydrogen) atoms. The first-order valence-corrected chi connectivity index (χ1v) is 10.8. The molecular weight excluding hydrogens is 406 g/mol. The first-order chi connectivity index (χ1) is 15.1. The highest BCUT2D eigenvalue weighted by Gasteiger charge is 2.43. The Morgan fingerprint density at radius 3 is 2.41 bits per heavy atom. The number of benzene rings is 2. The molecule has 0 unspecified atom stereocenters. The molecule has 166 valence electrons. The van der Waals surface area contributed by atoms with Crippen LogP contribution in [0.25, 0.3) is 0 Å². The van der Waals surface area contributed by atoms with Crippen molar-refractivity contribution < 1.29 is 14.5 Å². The highest BCUT2D eigenvalue weighted by atomic mass is 16.6. The molecule has 1 amide bonds. The minimum absolute atomic E-state index is 0.0125. The Labute approximate surface area is 187 Å². The van der Waals surface area contributed by atoms with E-state index in [9.17, 15) is 19.7 Å². The standard InChI is InChI=1S/C25H27N3O4/c1-15(2)24(30)27-20-8-6-5-7-18(20)26-19-13-25(3,4)14-21(29)22(19)23(27)16-9-11-17(12-10-16)28(31)32/h5-12,15,23,26H,13-14H2,1-4H3/t23-/m1/s1. The number of hydrogen-bond donors (Lipinski definition) is 1. The summed E-state index contributed by atoms with van der Waals surface area (Å²) in [4.78, 5) is 39.5. The minimum atomic E-state index is -0.666. The number of nitrogens with zero attached hydrogens (tertiary/aromatic N) is 2. The Hall–Kier alpha value is -3.48. The van der Waals surface area contributed by atoms with E-state index in [-0.39, 0.29) is 28.7 Å². The number of hydrogen-bond acceptors (Lipinski definition) is 5. The van der Waals surface area contributed by atoms with E-state index >= 15 is 0 Å². The largest absolute Gasteiger partial charge is 0.357 e. The maximum atomic E-state index is 13.5. The zero-order valence-corrected chi connectivity index (χ0v) is 18.7. The molecule has 0 bridgehead atoms. The van der Waals surface area contributed by atoms with Crippen LogP contribution in [0.15, 0.2) is 59.8 Å². The normalized spacial score (nSPS) is 19.7. The number of non-ortho nitro benzene ring substituents is 1. The van der Waals surface area contributed by atoms with Crippen LogP contribution in [-0.2, 0) is 9.59 Å². The van der Waals surface area contributed by atoms with Gasteiger partial charge in [0.25, 0.3) is 5.69 Å². The Morgan fingerprint density at radius 2 is 1.78 bits per heavy atom. The summed E-state index contributed by atoms with van der Waals surface area (Å²) in [5.74, 6) is -0.434. The van der Waals surface area contributed by atoms with Gasteiger partial charge < -0.3 is 5.32 Å². The van der Waals surface area contributed by atoms with Gasteiger partial charge in [-0.1, -0.05) is 39.8 Å². The van der Waals surface area contributed by atoms with Crippen molar-refractivity contribution in [2.24, 2.45) is 11.3 Å². The van der Waals surface area contributed by atoms with Gasteiger partial charge >= 0.3 is 0 Å². The van der Waals surface area contributed by atoms with Crippen molar-refractivity contribution in [2.45, 2.75) is 46.6 Å². The fourth-order valence-corrected chi connectivity index (χ4v) is 4.60. The van der Waals surface area contributed by atoms with Gasteiger partial charge in [-0.15, -0.1) is 0 Å². The van der Waals surface area contributed by atoms with Crippen molar-refractivity contribution >= 4 is 28.8 Å². The van der Waals surface area contributed by atoms with Crippen molar-refractivity contribution in [3.63, 3.8) is 0 Å². The molecule has 1 aliphatic heterocycles. The van der Waals surface area contributed by atoms with Gasteiger partial charge in [-0.25, -0.2) is 0 Å². The van der Waals surface area contributed by atoms with Crippen molar-refractivity contribution in [2.75, 3.05) is 10.2 Å². The Kier molecular flexibility index (Phi) is 5.36. The van der Waals surface area contributed by atoms with Crippen LogP contribution >= 0.6 is 0 Å². The summed E-state index contributed by atoms with van der Waals surface area (Å²) in [5, 5.41) is 14.6. The molecule has 7 nitrogen and oxygen atoms in total. The number of nitro groups is 1. The lowest BCUT2D eigenvalue weighted by molar-refractivity contribution is -0.384. The van der Waals surface area contributed by atoms with Crippen LogP contribution in [0.5, 0.6) is 0 Å². The highest BCUT2D eigenvalue weighted by Crippen LogP contribution is 2.48. The second-order valence-electron chi connectivity index (χ2n) is 9.59. The predicted molar refractivity (Wildman–Crippen MR) is 123 cm³/mol. The molecular formula is C25H27N3O4. The quantitative estimate of drug-likeness (QED) is 0.517. The summed E-state index contributed by atoms with van der Waals surface area (Å²) in [7, 11) is 0. The molecule has 0 radical (unpaired) electrons. The van der Waals surface area contributed by atoms with E-state index in [1.54, 1.807) is 17.0 Å². The Balaban J connectivity index is 2.00.